The summed E-state index contributed by atoms with van der Waals surface area (Å²) >= 11 is 0. The third-order valence-corrected chi connectivity index (χ3v) is 3.57. The molecule has 0 amide bonds. The van der Waals surface area contributed by atoms with Crippen LogP contribution in [-0.4, -0.2) is 10.8 Å². The molecule has 100 valence electrons. The number of hydrogen-bond acceptors (Lipinski definition) is 2. The minimum Gasteiger partial charge on any atom is -0.293 e. The van der Waals surface area contributed by atoms with Crippen LogP contribution in [0.2, 0.25) is 0 Å². The Hall–Kier alpha value is -1.18. The Morgan fingerprint density at radius 1 is 1.33 bits per heavy atom. The van der Waals surface area contributed by atoms with Crippen molar-refractivity contribution < 1.29 is 4.79 Å². The van der Waals surface area contributed by atoms with Crippen LogP contribution in [-0.2, 0) is 6.42 Å². The number of unbranched alkanes of at least 4 members (excludes halogenated alkanes) is 1. The lowest BCUT2D eigenvalue weighted by molar-refractivity contribution is 0.101. The first-order valence-electron chi connectivity index (χ1n) is 7.13. The predicted octanol–water partition coefficient (Wildman–Crippen LogP) is 4.43. The first-order valence-corrected chi connectivity index (χ1v) is 7.13. The zero-order valence-corrected chi connectivity index (χ0v) is 11.9. The topological polar surface area (TPSA) is 30.0 Å². The van der Waals surface area contributed by atoms with Crippen molar-refractivity contribution in [2.75, 3.05) is 0 Å². The number of carbonyl (C=O) groups is 1. The highest BCUT2D eigenvalue weighted by Gasteiger charge is 2.07. The standard InChI is InChI=1S/C16H25NO/c1-4-6-7-14(5-2)8-9-15-10-11-17-16(12-15)13(3)18/h10-12,14H,4-9H2,1-3H3. The number of aromatic nitrogens is 1. The molecular weight excluding hydrogens is 222 g/mol. The zero-order valence-electron chi connectivity index (χ0n) is 11.9. The molecule has 0 fully saturated rings. The van der Waals surface area contributed by atoms with Crippen molar-refractivity contribution in [2.24, 2.45) is 5.92 Å². The Balaban J connectivity index is 2.51. The first-order chi connectivity index (χ1) is 8.67. The van der Waals surface area contributed by atoms with Crippen molar-refractivity contribution in [3.8, 4) is 0 Å². The van der Waals surface area contributed by atoms with Crippen LogP contribution in [0.4, 0.5) is 0 Å². The summed E-state index contributed by atoms with van der Waals surface area (Å²) in [6.45, 7) is 6.09. The van der Waals surface area contributed by atoms with E-state index < -0.39 is 0 Å². The van der Waals surface area contributed by atoms with E-state index in [1.165, 1.54) is 37.7 Å². The number of hydrogen-bond donors (Lipinski definition) is 0. The highest BCUT2D eigenvalue weighted by Crippen LogP contribution is 2.19. The number of ketones is 1. The van der Waals surface area contributed by atoms with E-state index in [-0.39, 0.29) is 5.78 Å². The molecule has 0 aliphatic heterocycles. The molecule has 1 unspecified atom stereocenters. The SMILES string of the molecule is CCCCC(CC)CCc1ccnc(C(C)=O)c1. The van der Waals surface area contributed by atoms with Crippen LogP contribution in [0, 0.1) is 5.92 Å². The van der Waals surface area contributed by atoms with Crippen molar-refractivity contribution in [1.29, 1.82) is 0 Å². The number of Topliss-reactive ketones (excluding diaryl/α,β-unsaturated/α-hetero) is 1. The molecule has 1 heterocycles. The lowest BCUT2D eigenvalue weighted by Gasteiger charge is -2.14. The van der Waals surface area contributed by atoms with Crippen LogP contribution in [0.15, 0.2) is 18.3 Å². The molecule has 2 nitrogen and oxygen atoms in total. The molecular formula is C16H25NO. The number of carbonyl (C=O) groups excluding carboxylic acids is 1. The Morgan fingerprint density at radius 2 is 2.11 bits per heavy atom. The minimum atomic E-state index is 0.0508. The third kappa shape index (κ3) is 4.99. The van der Waals surface area contributed by atoms with Crippen molar-refractivity contribution in [3.05, 3.63) is 29.6 Å². The Kier molecular flexibility index (Phi) is 6.63. The van der Waals surface area contributed by atoms with Gasteiger partial charge in [-0.1, -0.05) is 39.5 Å². The van der Waals surface area contributed by atoms with Crippen LogP contribution in [0.5, 0.6) is 0 Å². The molecule has 0 saturated carbocycles. The molecule has 2 heteroatoms. The van der Waals surface area contributed by atoms with Crippen molar-refractivity contribution in [3.63, 3.8) is 0 Å². The number of aryl methyl sites for hydroxylation is 1. The van der Waals surface area contributed by atoms with Crippen LogP contribution in [0.25, 0.3) is 0 Å². The molecule has 0 bridgehead atoms. The van der Waals surface area contributed by atoms with Gasteiger partial charge in [0.25, 0.3) is 0 Å². The van der Waals surface area contributed by atoms with Gasteiger partial charge in [-0.25, -0.2) is 0 Å². The minimum absolute atomic E-state index is 0.0508. The fourth-order valence-electron chi connectivity index (χ4n) is 2.24. The van der Waals surface area contributed by atoms with Gasteiger partial charge in [-0.2, -0.15) is 0 Å². The second kappa shape index (κ2) is 8.02. The average molecular weight is 247 g/mol. The highest BCUT2D eigenvalue weighted by molar-refractivity contribution is 5.92. The van der Waals surface area contributed by atoms with Crippen LogP contribution in [0.1, 0.15) is 68.9 Å². The average Bonchev–Trinajstić information content (AvgIpc) is 2.39. The van der Waals surface area contributed by atoms with Gasteiger partial charge in [-0.05, 0) is 36.5 Å². The summed E-state index contributed by atoms with van der Waals surface area (Å²) in [4.78, 5) is 15.4. The van der Waals surface area contributed by atoms with Crippen LogP contribution >= 0.6 is 0 Å². The monoisotopic (exact) mass is 247 g/mol. The molecule has 0 N–H and O–H groups in total. The molecule has 1 atom stereocenters. The van der Waals surface area contributed by atoms with Gasteiger partial charge in [0.15, 0.2) is 5.78 Å². The largest absolute Gasteiger partial charge is 0.293 e. The van der Waals surface area contributed by atoms with Crippen molar-refractivity contribution >= 4 is 5.78 Å². The summed E-state index contributed by atoms with van der Waals surface area (Å²) in [7, 11) is 0. The Labute approximate surface area is 111 Å². The molecule has 0 aromatic carbocycles. The molecule has 1 aromatic heterocycles. The first kappa shape index (κ1) is 14.9. The maximum absolute atomic E-state index is 11.3. The summed E-state index contributed by atoms with van der Waals surface area (Å²) in [6.07, 6.45) is 9.22. The second-order valence-corrected chi connectivity index (χ2v) is 5.06. The van der Waals surface area contributed by atoms with Gasteiger partial charge in [0.05, 0.1) is 0 Å². The summed E-state index contributed by atoms with van der Waals surface area (Å²) in [6, 6.07) is 3.97. The van der Waals surface area contributed by atoms with E-state index in [0.717, 1.165) is 12.3 Å². The Morgan fingerprint density at radius 3 is 2.72 bits per heavy atom. The second-order valence-electron chi connectivity index (χ2n) is 5.06. The lowest BCUT2D eigenvalue weighted by atomic mass is 9.92. The van der Waals surface area contributed by atoms with Crippen LogP contribution in [0.3, 0.4) is 0 Å². The Bertz CT molecular complexity index is 373. The van der Waals surface area contributed by atoms with Gasteiger partial charge in [-0.15, -0.1) is 0 Å². The number of pyridine rings is 1. The van der Waals surface area contributed by atoms with Gasteiger partial charge in [0.2, 0.25) is 0 Å². The molecule has 1 rings (SSSR count). The van der Waals surface area contributed by atoms with E-state index in [0.29, 0.717) is 5.69 Å². The van der Waals surface area contributed by atoms with Gasteiger partial charge in [-0.3, -0.25) is 9.78 Å². The smallest absolute Gasteiger partial charge is 0.178 e. The van der Waals surface area contributed by atoms with E-state index >= 15 is 0 Å². The molecule has 0 radical (unpaired) electrons. The highest BCUT2D eigenvalue weighted by atomic mass is 16.1. The lowest BCUT2D eigenvalue weighted by Crippen LogP contribution is -2.03. The molecule has 0 aliphatic rings. The molecule has 18 heavy (non-hydrogen) atoms. The van der Waals surface area contributed by atoms with E-state index in [1.807, 2.05) is 12.1 Å². The quantitative estimate of drug-likeness (QED) is 0.636. The van der Waals surface area contributed by atoms with E-state index in [2.05, 4.69) is 18.8 Å². The van der Waals surface area contributed by atoms with E-state index in [1.54, 1.807) is 13.1 Å². The fraction of sp³-hybridized carbons (Fsp3) is 0.625. The number of rotatable bonds is 8. The molecule has 0 saturated heterocycles. The summed E-state index contributed by atoms with van der Waals surface area (Å²) < 4.78 is 0. The van der Waals surface area contributed by atoms with Gasteiger partial charge in [0.1, 0.15) is 5.69 Å². The molecule has 1 aromatic rings. The van der Waals surface area contributed by atoms with E-state index in [9.17, 15) is 4.79 Å². The third-order valence-electron chi connectivity index (χ3n) is 3.57. The maximum atomic E-state index is 11.3. The molecule has 0 spiro atoms. The summed E-state index contributed by atoms with van der Waals surface area (Å²) in [5, 5.41) is 0. The maximum Gasteiger partial charge on any atom is 0.178 e. The van der Waals surface area contributed by atoms with Crippen molar-refractivity contribution in [2.45, 2.75) is 59.3 Å². The van der Waals surface area contributed by atoms with Gasteiger partial charge < -0.3 is 0 Å². The van der Waals surface area contributed by atoms with Gasteiger partial charge in [0, 0.05) is 13.1 Å². The predicted molar refractivity (Wildman–Crippen MR) is 75.9 cm³/mol. The normalized spacial score (nSPS) is 12.4. The fourth-order valence-corrected chi connectivity index (χ4v) is 2.24. The summed E-state index contributed by atoms with van der Waals surface area (Å²) in [5.74, 6) is 0.869. The zero-order chi connectivity index (χ0) is 13.4. The van der Waals surface area contributed by atoms with E-state index in [4.69, 9.17) is 0 Å². The summed E-state index contributed by atoms with van der Waals surface area (Å²) in [5.41, 5.74) is 1.83. The van der Waals surface area contributed by atoms with Crippen molar-refractivity contribution in [1.82, 2.24) is 4.98 Å². The molecule has 0 aliphatic carbocycles. The van der Waals surface area contributed by atoms with Crippen LogP contribution < -0.4 is 0 Å². The number of nitrogens with zero attached hydrogens (tertiary/aromatic N) is 1. The van der Waals surface area contributed by atoms with Gasteiger partial charge >= 0.3 is 0 Å².